The highest BCUT2D eigenvalue weighted by atomic mass is 31.2. The lowest BCUT2D eigenvalue weighted by molar-refractivity contribution is -0.140. The molecule has 1 unspecified atom stereocenters. The van der Waals surface area contributed by atoms with E-state index in [2.05, 4.69) is 11.7 Å². The van der Waals surface area contributed by atoms with E-state index in [1.165, 1.54) is 90.6 Å². The summed E-state index contributed by atoms with van der Waals surface area (Å²) in [6, 6.07) is 0. The fourth-order valence-corrected chi connectivity index (χ4v) is 5.54. The van der Waals surface area contributed by atoms with E-state index < -0.39 is 20.0 Å². The van der Waals surface area contributed by atoms with Crippen LogP contribution in [0.3, 0.4) is 0 Å². The van der Waals surface area contributed by atoms with Crippen molar-refractivity contribution >= 4 is 13.8 Å². The molecule has 0 aromatic rings. The second kappa shape index (κ2) is 27.6. The van der Waals surface area contributed by atoms with E-state index in [-0.39, 0.29) is 25.7 Å². The van der Waals surface area contributed by atoms with Gasteiger partial charge in [0.15, 0.2) is 0 Å². The molecule has 0 rings (SSSR count). The number of methoxy groups -OCH3 is 1. The Bertz CT molecular complexity index is 596. The van der Waals surface area contributed by atoms with Crippen LogP contribution in [-0.4, -0.2) is 61.7 Å². The molecule has 0 aliphatic rings. The van der Waals surface area contributed by atoms with Crippen LogP contribution in [0.2, 0.25) is 0 Å². The van der Waals surface area contributed by atoms with Crippen LogP contribution < -0.4 is 5.73 Å². The van der Waals surface area contributed by atoms with Gasteiger partial charge >= 0.3 is 13.8 Å². The molecule has 0 saturated carbocycles. The van der Waals surface area contributed by atoms with Crippen molar-refractivity contribution in [1.29, 1.82) is 0 Å². The number of hydrogen-bond donors (Lipinski definition) is 3. The van der Waals surface area contributed by atoms with Gasteiger partial charge < -0.3 is 25.2 Å². The van der Waals surface area contributed by atoms with Crippen molar-refractivity contribution in [3.8, 4) is 0 Å². The molecular weight excluding hydrogens is 521 g/mol. The van der Waals surface area contributed by atoms with Crippen molar-refractivity contribution in [2.45, 2.75) is 148 Å². The Morgan fingerprint density at radius 1 is 0.769 bits per heavy atom. The average Bonchev–Trinajstić information content (AvgIpc) is 2.92. The van der Waals surface area contributed by atoms with Gasteiger partial charge in [-0.3, -0.25) is 13.8 Å². The summed E-state index contributed by atoms with van der Waals surface area (Å²) in [6.45, 7) is 2.20. The SMILES string of the molecule is CCCCCCCCCCCCCCCCCC[C@@H](OP(=O)(O)OCCN)[C@H](CO)OCCCCC(=O)OC. The molecule has 0 radical (unpaired) electrons. The lowest BCUT2D eigenvalue weighted by Gasteiger charge is -2.27. The minimum atomic E-state index is -4.32. The Balaban J connectivity index is 4.19. The number of hydrogen-bond acceptors (Lipinski definition) is 8. The van der Waals surface area contributed by atoms with Gasteiger partial charge in [0.05, 0.1) is 26.4 Å². The zero-order valence-electron chi connectivity index (χ0n) is 25.0. The maximum Gasteiger partial charge on any atom is 0.472 e. The van der Waals surface area contributed by atoms with E-state index in [1.54, 1.807) is 0 Å². The summed E-state index contributed by atoms with van der Waals surface area (Å²) in [5, 5.41) is 9.88. The lowest BCUT2D eigenvalue weighted by Crippen LogP contribution is -2.35. The Morgan fingerprint density at radius 2 is 1.28 bits per heavy atom. The number of unbranched alkanes of at least 4 members (excludes halogenated alkanes) is 16. The molecule has 0 aliphatic heterocycles. The molecule has 0 heterocycles. The first-order valence-corrected chi connectivity index (χ1v) is 17.0. The van der Waals surface area contributed by atoms with Crippen LogP contribution in [0.25, 0.3) is 0 Å². The second-order valence-electron chi connectivity index (χ2n) is 10.5. The van der Waals surface area contributed by atoms with Gasteiger partial charge in [0.25, 0.3) is 0 Å². The summed E-state index contributed by atoms with van der Waals surface area (Å²) in [5.41, 5.74) is 5.37. The number of aliphatic hydroxyl groups excluding tert-OH is 1. The van der Waals surface area contributed by atoms with Crippen molar-refractivity contribution in [1.82, 2.24) is 0 Å². The predicted octanol–water partition coefficient (Wildman–Crippen LogP) is 6.82. The number of carbonyl (C=O) groups excluding carboxylic acids is 1. The molecule has 3 atom stereocenters. The number of rotatable bonds is 30. The quantitative estimate of drug-likeness (QED) is 0.0474. The van der Waals surface area contributed by atoms with E-state index >= 15 is 0 Å². The minimum Gasteiger partial charge on any atom is -0.469 e. The van der Waals surface area contributed by atoms with Crippen molar-refractivity contribution in [2.75, 3.05) is 33.5 Å². The Labute approximate surface area is 238 Å². The first kappa shape index (κ1) is 38.5. The van der Waals surface area contributed by atoms with Crippen LogP contribution >= 0.6 is 7.82 Å². The molecule has 0 aromatic carbocycles. The molecule has 0 spiro atoms. The van der Waals surface area contributed by atoms with Crippen LogP contribution in [0.4, 0.5) is 0 Å². The van der Waals surface area contributed by atoms with Gasteiger partial charge in [0.2, 0.25) is 0 Å². The van der Waals surface area contributed by atoms with E-state index in [4.69, 9.17) is 19.5 Å². The summed E-state index contributed by atoms with van der Waals surface area (Å²) in [4.78, 5) is 21.3. The molecule has 4 N–H and O–H groups in total. The van der Waals surface area contributed by atoms with Gasteiger partial charge in [0, 0.05) is 19.6 Å². The van der Waals surface area contributed by atoms with E-state index in [0.717, 1.165) is 19.3 Å². The maximum atomic E-state index is 12.3. The lowest BCUT2D eigenvalue weighted by atomic mass is 10.0. The molecule has 9 nitrogen and oxygen atoms in total. The fourth-order valence-electron chi connectivity index (χ4n) is 4.56. The predicted molar refractivity (Wildman–Crippen MR) is 157 cm³/mol. The fraction of sp³-hybridized carbons (Fsp3) is 0.966. The number of esters is 1. The van der Waals surface area contributed by atoms with Crippen molar-refractivity contribution in [3.63, 3.8) is 0 Å². The molecule has 0 amide bonds. The maximum absolute atomic E-state index is 12.3. The van der Waals surface area contributed by atoms with E-state index in [9.17, 15) is 19.4 Å². The molecule has 0 bridgehead atoms. The third-order valence-corrected chi connectivity index (χ3v) is 7.96. The Morgan fingerprint density at radius 3 is 1.74 bits per heavy atom. The summed E-state index contributed by atoms with van der Waals surface area (Å²) in [5.74, 6) is -0.281. The largest absolute Gasteiger partial charge is 0.472 e. The third-order valence-electron chi connectivity index (χ3n) is 6.91. The van der Waals surface area contributed by atoms with Crippen molar-refractivity contribution < 1.29 is 37.9 Å². The molecule has 0 aliphatic carbocycles. The topological polar surface area (TPSA) is 138 Å². The molecular formula is C29H60NO8P. The van der Waals surface area contributed by atoms with Gasteiger partial charge in [-0.15, -0.1) is 0 Å². The highest BCUT2D eigenvalue weighted by Crippen LogP contribution is 2.45. The zero-order valence-corrected chi connectivity index (χ0v) is 25.9. The van der Waals surface area contributed by atoms with E-state index in [1.807, 2.05) is 0 Å². The summed E-state index contributed by atoms with van der Waals surface area (Å²) in [7, 11) is -2.97. The highest BCUT2D eigenvalue weighted by Gasteiger charge is 2.32. The average molecular weight is 582 g/mol. The Kier molecular flexibility index (Phi) is 27.2. The van der Waals surface area contributed by atoms with Crippen LogP contribution in [0, 0.1) is 0 Å². The van der Waals surface area contributed by atoms with Crippen LogP contribution in [0.5, 0.6) is 0 Å². The molecule has 234 valence electrons. The summed E-state index contributed by atoms with van der Waals surface area (Å²) < 4.78 is 33.0. The molecule has 10 heteroatoms. The number of phosphoric ester groups is 1. The van der Waals surface area contributed by atoms with Gasteiger partial charge in [-0.1, -0.05) is 110 Å². The van der Waals surface area contributed by atoms with Crippen LogP contribution in [0.15, 0.2) is 0 Å². The minimum absolute atomic E-state index is 0.0951. The van der Waals surface area contributed by atoms with Gasteiger partial charge in [-0.05, 0) is 19.3 Å². The first-order valence-electron chi connectivity index (χ1n) is 15.5. The van der Waals surface area contributed by atoms with E-state index in [0.29, 0.717) is 32.3 Å². The highest BCUT2D eigenvalue weighted by molar-refractivity contribution is 7.47. The number of ether oxygens (including phenoxy) is 2. The normalized spacial score (nSPS) is 14.7. The second-order valence-corrected chi connectivity index (χ2v) is 11.9. The number of aliphatic hydroxyl groups is 1. The number of nitrogens with two attached hydrogens (primary N) is 1. The molecule has 39 heavy (non-hydrogen) atoms. The van der Waals surface area contributed by atoms with Crippen LogP contribution in [-0.2, 0) is 27.9 Å². The van der Waals surface area contributed by atoms with Crippen LogP contribution in [0.1, 0.15) is 135 Å². The smallest absolute Gasteiger partial charge is 0.469 e. The number of phosphoric acid groups is 1. The zero-order chi connectivity index (χ0) is 29.0. The molecule has 0 aromatic heterocycles. The first-order chi connectivity index (χ1) is 18.9. The number of carbonyl (C=O) groups is 1. The third kappa shape index (κ3) is 24.9. The van der Waals surface area contributed by atoms with Crippen molar-refractivity contribution in [2.24, 2.45) is 5.73 Å². The van der Waals surface area contributed by atoms with Gasteiger partial charge in [0.1, 0.15) is 6.10 Å². The summed E-state index contributed by atoms with van der Waals surface area (Å²) >= 11 is 0. The van der Waals surface area contributed by atoms with Gasteiger partial charge in [-0.2, -0.15) is 0 Å². The molecule has 0 saturated heterocycles. The van der Waals surface area contributed by atoms with Crippen molar-refractivity contribution in [3.05, 3.63) is 0 Å². The van der Waals surface area contributed by atoms with Gasteiger partial charge in [-0.25, -0.2) is 4.57 Å². The summed E-state index contributed by atoms with van der Waals surface area (Å²) in [6.07, 6.45) is 20.6. The molecule has 0 fully saturated rings. The standard InChI is InChI=1S/C29H60NO8P/c1-3-4-5-6-7-8-9-10-11-12-13-14-15-16-17-18-21-27(38-39(33,34)37-25-23-30)28(26-31)36-24-20-19-22-29(32)35-2/h27-28,31H,3-26,30H2,1-2H3,(H,33,34)/t27-,28+/m1/s1. The monoisotopic (exact) mass is 581 g/mol. The Hall–Kier alpha value is -0.540.